The standard InChI is InChI=1S/C13H25N3O2S/c1-5-19(17,18)7-6-16-12(4)13(10-15-16)9-14-8-11(2)3/h10-11,14H,5-9H2,1-4H3. The van der Waals surface area contributed by atoms with Crippen molar-refractivity contribution < 1.29 is 8.42 Å². The van der Waals surface area contributed by atoms with Crippen molar-refractivity contribution in [1.29, 1.82) is 0 Å². The fraction of sp³-hybridized carbons (Fsp3) is 0.769. The van der Waals surface area contributed by atoms with Crippen LogP contribution in [0.25, 0.3) is 0 Å². The fourth-order valence-electron chi connectivity index (χ4n) is 1.75. The molecular weight excluding hydrogens is 262 g/mol. The molecule has 0 aliphatic carbocycles. The lowest BCUT2D eigenvalue weighted by molar-refractivity contribution is 0.550. The van der Waals surface area contributed by atoms with Crippen LogP contribution in [0.5, 0.6) is 0 Å². The second-order valence-electron chi connectivity index (χ2n) is 5.24. The second kappa shape index (κ2) is 7.05. The highest BCUT2D eigenvalue weighted by atomic mass is 32.2. The summed E-state index contributed by atoms with van der Waals surface area (Å²) in [6, 6.07) is 0. The van der Waals surface area contributed by atoms with E-state index in [2.05, 4.69) is 24.3 Å². The third kappa shape index (κ3) is 5.32. The summed E-state index contributed by atoms with van der Waals surface area (Å²) in [5.74, 6) is 0.964. The molecule has 0 amide bonds. The Labute approximate surface area is 116 Å². The number of hydrogen-bond donors (Lipinski definition) is 1. The molecule has 1 aromatic heterocycles. The Morgan fingerprint density at radius 2 is 2.11 bits per heavy atom. The van der Waals surface area contributed by atoms with Crippen molar-refractivity contribution in [2.75, 3.05) is 18.1 Å². The van der Waals surface area contributed by atoms with Gasteiger partial charge in [-0.2, -0.15) is 5.10 Å². The van der Waals surface area contributed by atoms with Gasteiger partial charge in [0.2, 0.25) is 0 Å². The summed E-state index contributed by atoms with van der Waals surface area (Å²) in [6.45, 7) is 10.2. The average Bonchev–Trinajstić information content (AvgIpc) is 2.68. The van der Waals surface area contributed by atoms with Crippen molar-refractivity contribution >= 4 is 9.84 Å². The van der Waals surface area contributed by atoms with E-state index >= 15 is 0 Å². The fourth-order valence-corrected chi connectivity index (χ4v) is 2.49. The Hall–Kier alpha value is -0.880. The van der Waals surface area contributed by atoms with Gasteiger partial charge in [0.25, 0.3) is 0 Å². The Bertz CT molecular complexity index is 492. The molecule has 0 atom stereocenters. The third-order valence-corrected chi connectivity index (χ3v) is 4.81. The van der Waals surface area contributed by atoms with E-state index in [1.807, 2.05) is 13.1 Å². The largest absolute Gasteiger partial charge is 0.312 e. The van der Waals surface area contributed by atoms with Crippen LogP contribution in [-0.2, 0) is 22.9 Å². The molecular formula is C13H25N3O2S. The summed E-state index contributed by atoms with van der Waals surface area (Å²) in [5.41, 5.74) is 2.18. The Morgan fingerprint density at radius 1 is 1.42 bits per heavy atom. The molecule has 0 bridgehead atoms. The van der Waals surface area contributed by atoms with Gasteiger partial charge >= 0.3 is 0 Å². The minimum Gasteiger partial charge on any atom is -0.312 e. The molecule has 6 heteroatoms. The number of nitrogens with one attached hydrogen (secondary N) is 1. The Balaban J connectivity index is 2.56. The van der Waals surface area contributed by atoms with Gasteiger partial charge in [0.05, 0.1) is 18.5 Å². The van der Waals surface area contributed by atoms with Gasteiger partial charge in [0.1, 0.15) is 0 Å². The van der Waals surface area contributed by atoms with E-state index in [0.29, 0.717) is 12.5 Å². The second-order valence-corrected chi connectivity index (χ2v) is 7.71. The van der Waals surface area contributed by atoms with Gasteiger partial charge in [0, 0.05) is 23.6 Å². The summed E-state index contributed by atoms with van der Waals surface area (Å²) in [6.07, 6.45) is 1.82. The molecule has 1 aromatic rings. The molecule has 0 unspecified atom stereocenters. The van der Waals surface area contributed by atoms with Crippen molar-refractivity contribution in [2.24, 2.45) is 5.92 Å². The lowest BCUT2D eigenvalue weighted by Gasteiger charge is -2.08. The van der Waals surface area contributed by atoms with Gasteiger partial charge in [-0.3, -0.25) is 4.68 Å². The lowest BCUT2D eigenvalue weighted by Crippen LogP contribution is -2.19. The summed E-state index contributed by atoms with van der Waals surface area (Å²) >= 11 is 0. The minimum absolute atomic E-state index is 0.158. The van der Waals surface area contributed by atoms with Crippen LogP contribution >= 0.6 is 0 Å². The van der Waals surface area contributed by atoms with Crippen molar-refractivity contribution in [3.05, 3.63) is 17.5 Å². The van der Waals surface area contributed by atoms with Crippen LogP contribution in [0, 0.1) is 12.8 Å². The van der Waals surface area contributed by atoms with Crippen LogP contribution in [0.3, 0.4) is 0 Å². The molecule has 5 nitrogen and oxygen atoms in total. The highest BCUT2D eigenvalue weighted by Crippen LogP contribution is 2.07. The highest BCUT2D eigenvalue weighted by molar-refractivity contribution is 7.91. The van der Waals surface area contributed by atoms with Crippen molar-refractivity contribution in [3.63, 3.8) is 0 Å². The van der Waals surface area contributed by atoms with Crippen LogP contribution in [0.1, 0.15) is 32.0 Å². The Morgan fingerprint density at radius 3 is 2.68 bits per heavy atom. The predicted molar refractivity (Wildman–Crippen MR) is 77.8 cm³/mol. The van der Waals surface area contributed by atoms with Crippen molar-refractivity contribution in [3.8, 4) is 0 Å². The number of hydrogen-bond acceptors (Lipinski definition) is 4. The SMILES string of the molecule is CCS(=O)(=O)CCn1ncc(CNCC(C)C)c1C. The molecule has 0 saturated heterocycles. The maximum Gasteiger partial charge on any atom is 0.151 e. The monoisotopic (exact) mass is 287 g/mol. The number of sulfone groups is 1. The zero-order valence-corrected chi connectivity index (χ0v) is 13.1. The van der Waals surface area contributed by atoms with Crippen LogP contribution in [-0.4, -0.2) is 36.2 Å². The summed E-state index contributed by atoms with van der Waals surface area (Å²) in [4.78, 5) is 0. The molecule has 0 fully saturated rings. The summed E-state index contributed by atoms with van der Waals surface area (Å²) in [5, 5.41) is 7.63. The van der Waals surface area contributed by atoms with Crippen LogP contribution in [0.15, 0.2) is 6.20 Å². The van der Waals surface area contributed by atoms with Crippen molar-refractivity contribution in [1.82, 2.24) is 15.1 Å². The Kier molecular flexibility index (Phi) is 6.00. The molecule has 0 spiro atoms. The zero-order chi connectivity index (χ0) is 14.5. The van der Waals surface area contributed by atoms with Gasteiger partial charge in [-0.1, -0.05) is 20.8 Å². The number of aromatic nitrogens is 2. The van der Waals surface area contributed by atoms with E-state index in [4.69, 9.17) is 0 Å². The van der Waals surface area contributed by atoms with Gasteiger partial charge in [0.15, 0.2) is 9.84 Å². The lowest BCUT2D eigenvalue weighted by atomic mass is 10.2. The van der Waals surface area contributed by atoms with Crippen LogP contribution in [0.2, 0.25) is 0 Å². The van der Waals surface area contributed by atoms with Crippen LogP contribution < -0.4 is 5.32 Å². The number of aryl methyl sites for hydroxylation is 1. The molecule has 1 rings (SSSR count). The van der Waals surface area contributed by atoms with Gasteiger partial charge in [-0.05, 0) is 19.4 Å². The van der Waals surface area contributed by atoms with E-state index in [1.165, 1.54) is 0 Å². The van der Waals surface area contributed by atoms with E-state index in [1.54, 1.807) is 11.6 Å². The summed E-state index contributed by atoms with van der Waals surface area (Å²) in [7, 11) is -2.93. The molecule has 19 heavy (non-hydrogen) atoms. The molecule has 0 aliphatic heterocycles. The first-order chi connectivity index (χ1) is 8.85. The molecule has 0 radical (unpaired) electrons. The van der Waals surface area contributed by atoms with E-state index in [-0.39, 0.29) is 11.5 Å². The summed E-state index contributed by atoms with van der Waals surface area (Å²) < 4.78 is 24.7. The normalized spacial score (nSPS) is 12.3. The minimum atomic E-state index is -2.93. The third-order valence-electron chi connectivity index (χ3n) is 3.13. The first-order valence-corrected chi connectivity index (χ1v) is 8.60. The quantitative estimate of drug-likeness (QED) is 0.784. The average molecular weight is 287 g/mol. The molecule has 0 aromatic carbocycles. The number of nitrogens with zero attached hydrogens (tertiary/aromatic N) is 2. The smallest absolute Gasteiger partial charge is 0.151 e. The molecule has 0 aliphatic rings. The first kappa shape index (κ1) is 16.2. The predicted octanol–water partition coefficient (Wildman–Crippen LogP) is 1.37. The molecule has 110 valence electrons. The first-order valence-electron chi connectivity index (χ1n) is 6.78. The topological polar surface area (TPSA) is 64.0 Å². The molecule has 1 heterocycles. The van der Waals surface area contributed by atoms with Gasteiger partial charge in [-0.15, -0.1) is 0 Å². The maximum atomic E-state index is 11.5. The molecule has 1 N–H and O–H groups in total. The van der Waals surface area contributed by atoms with Gasteiger partial charge in [-0.25, -0.2) is 8.42 Å². The van der Waals surface area contributed by atoms with Crippen molar-refractivity contribution in [2.45, 2.75) is 40.8 Å². The van der Waals surface area contributed by atoms with E-state index < -0.39 is 9.84 Å². The maximum absolute atomic E-state index is 11.5. The van der Waals surface area contributed by atoms with Gasteiger partial charge < -0.3 is 5.32 Å². The van der Waals surface area contributed by atoms with E-state index in [0.717, 1.165) is 24.3 Å². The van der Waals surface area contributed by atoms with Crippen LogP contribution in [0.4, 0.5) is 0 Å². The highest BCUT2D eigenvalue weighted by Gasteiger charge is 2.11. The zero-order valence-electron chi connectivity index (χ0n) is 12.3. The molecule has 0 saturated carbocycles. The van der Waals surface area contributed by atoms with E-state index in [9.17, 15) is 8.42 Å². The number of rotatable bonds is 8.